The maximum absolute atomic E-state index is 4.76. The summed E-state index contributed by atoms with van der Waals surface area (Å²) in [7, 11) is 0. The first kappa shape index (κ1) is 12.5. The van der Waals surface area contributed by atoms with Crippen LogP contribution in [0.5, 0.6) is 0 Å². The van der Waals surface area contributed by atoms with Gasteiger partial charge in [0.05, 0.1) is 0 Å². The van der Waals surface area contributed by atoms with Gasteiger partial charge in [0.25, 0.3) is 0 Å². The van der Waals surface area contributed by atoms with Crippen molar-refractivity contribution < 1.29 is 0 Å². The predicted molar refractivity (Wildman–Crippen MR) is 81.8 cm³/mol. The maximum Gasteiger partial charge on any atom is 0.160 e. The average Bonchev–Trinajstić information content (AvgIpc) is 3.17. The van der Waals surface area contributed by atoms with Crippen molar-refractivity contribution in [2.24, 2.45) is 0 Å². The molecular formula is C16H17N5. The van der Waals surface area contributed by atoms with Crippen LogP contribution in [0.3, 0.4) is 0 Å². The second-order valence-corrected chi connectivity index (χ2v) is 5.43. The smallest absolute Gasteiger partial charge is 0.160 e. The van der Waals surface area contributed by atoms with E-state index in [1.807, 2.05) is 36.7 Å². The standard InChI is InChI=1S/C16H17N5/c1-4-12(10-17-7-1)15-20-14-6-3-9-19-16(14)21(15)11-13-5-2-8-18-13/h1,3-4,6-7,9-10,13,18H,2,5,8,11H2. The lowest BCUT2D eigenvalue weighted by Crippen LogP contribution is -2.27. The van der Waals surface area contributed by atoms with Gasteiger partial charge >= 0.3 is 0 Å². The van der Waals surface area contributed by atoms with Gasteiger partial charge in [0.2, 0.25) is 0 Å². The van der Waals surface area contributed by atoms with Gasteiger partial charge in [-0.1, -0.05) is 0 Å². The minimum atomic E-state index is 0.500. The zero-order chi connectivity index (χ0) is 14.1. The molecule has 5 nitrogen and oxygen atoms in total. The lowest BCUT2D eigenvalue weighted by atomic mass is 10.2. The van der Waals surface area contributed by atoms with E-state index in [2.05, 4.69) is 19.9 Å². The maximum atomic E-state index is 4.76. The first-order valence-corrected chi connectivity index (χ1v) is 7.37. The molecule has 3 aromatic rings. The van der Waals surface area contributed by atoms with Crippen LogP contribution in [0.2, 0.25) is 0 Å². The molecule has 1 unspecified atom stereocenters. The minimum Gasteiger partial charge on any atom is -0.312 e. The highest BCUT2D eigenvalue weighted by molar-refractivity contribution is 5.76. The Morgan fingerprint density at radius 2 is 2.19 bits per heavy atom. The summed E-state index contributed by atoms with van der Waals surface area (Å²) >= 11 is 0. The van der Waals surface area contributed by atoms with E-state index >= 15 is 0 Å². The number of hydrogen-bond donors (Lipinski definition) is 1. The Morgan fingerprint density at radius 3 is 3.00 bits per heavy atom. The molecule has 0 bridgehead atoms. The Morgan fingerprint density at radius 1 is 1.24 bits per heavy atom. The van der Waals surface area contributed by atoms with Gasteiger partial charge in [0, 0.05) is 36.7 Å². The summed E-state index contributed by atoms with van der Waals surface area (Å²) in [6, 6.07) is 8.44. The molecule has 0 spiro atoms. The zero-order valence-corrected chi connectivity index (χ0v) is 11.7. The highest BCUT2D eigenvalue weighted by atomic mass is 15.2. The largest absolute Gasteiger partial charge is 0.312 e. The Kier molecular flexibility index (Phi) is 3.12. The normalized spacial score (nSPS) is 18.4. The van der Waals surface area contributed by atoms with Crippen LogP contribution in [-0.4, -0.2) is 32.1 Å². The van der Waals surface area contributed by atoms with Crippen LogP contribution in [0.25, 0.3) is 22.6 Å². The SMILES string of the molecule is c1cncc(-c2nc3cccnc3n2CC2CCCN2)c1. The van der Waals surface area contributed by atoms with Crippen LogP contribution in [0, 0.1) is 0 Å². The summed E-state index contributed by atoms with van der Waals surface area (Å²) in [6.45, 7) is 2.00. The van der Waals surface area contributed by atoms with Crippen molar-refractivity contribution in [3.8, 4) is 11.4 Å². The zero-order valence-electron chi connectivity index (χ0n) is 11.7. The molecule has 5 heteroatoms. The number of rotatable bonds is 3. The molecule has 0 radical (unpaired) electrons. The number of aromatic nitrogens is 4. The summed E-state index contributed by atoms with van der Waals surface area (Å²) in [5.41, 5.74) is 2.92. The first-order valence-electron chi connectivity index (χ1n) is 7.37. The number of nitrogens with one attached hydrogen (secondary N) is 1. The fourth-order valence-corrected chi connectivity index (χ4v) is 2.98. The quantitative estimate of drug-likeness (QED) is 0.799. The molecule has 1 aliphatic rings. The lowest BCUT2D eigenvalue weighted by Gasteiger charge is -2.14. The highest BCUT2D eigenvalue weighted by Crippen LogP contribution is 2.24. The first-order chi connectivity index (χ1) is 10.4. The van der Waals surface area contributed by atoms with Gasteiger partial charge in [-0.05, 0) is 43.7 Å². The van der Waals surface area contributed by atoms with E-state index in [0.717, 1.165) is 35.6 Å². The third-order valence-electron chi connectivity index (χ3n) is 3.99. The van der Waals surface area contributed by atoms with Crippen molar-refractivity contribution in [1.82, 2.24) is 24.8 Å². The van der Waals surface area contributed by atoms with Gasteiger partial charge < -0.3 is 9.88 Å². The monoisotopic (exact) mass is 279 g/mol. The Labute approximate surface area is 123 Å². The molecule has 1 atom stereocenters. The molecular weight excluding hydrogens is 262 g/mol. The molecule has 1 N–H and O–H groups in total. The Hall–Kier alpha value is -2.27. The van der Waals surface area contributed by atoms with Gasteiger partial charge in [-0.15, -0.1) is 0 Å². The number of fused-ring (bicyclic) bond motifs is 1. The summed E-state index contributed by atoms with van der Waals surface area (Å²) < 4.78 is 2.22. The minimum absolute atomic E-state index is 0.500. The summed E-state index contributed by atoms with van der Waals surface area (Å²) in [5, 5.41) is 3.55. The average molecular weight is 279 g/mol. The van der Waals surface area contributed by atoms with Gasteiger partial charge in [0.15, 0.2) is 5.65 Å². The molecule has 106 valence electrons. The van der Waals surface area contributed by atoms with Crippen LogP contribution in [0.4, 0.5) is 0 Å². The molecule has 4 heterocycles. The van der Waals surface area contributed by atoms with Crippen LogP contribution >= 0.6 is 0 Å². The van der Waals surface area contributed by atoms with E-state index in [1.54, 1.807) is 6.20 Å². The van der Waals surface area contributed by atoms with Crippen molar-refractivity contribution in [3.05, 3.63) is 42.9 Å². The van der Waals surface area contributed by atoms with Crippen molar-refractivity contribution in [3.63, 3.8) is 0 Å². The van der Waals surface area contributed by atoms with Crippen molar-refractivity contribution in [1.29, 1.82) is 0 Å². The van der Waals surface area contributed by atoms with E-state index in [4.69, 9.17) is 4.98 Å². The summed E-state index contributed by atoms with van der Waals surface area (Å²) in [5.74, 6) is 0.950. The summed E-state index contributed by atoms with van der Waals surface area (Å²) in [4.78, 5) is 13.5. The van der Waals surface area contributed by atoms with E-state index in [9.17, 15) is 0 Å². The van der Waals surface area contributed by atoms with E-state index in [0.29, 0.717) is 6.04 Å². The molecule has 4 rings (SSSR count). The molecule has 0 aliphatic carbocycles. The molecule has 0 amide bonds. The number of hydrogen-bond acceptors (Lipinski definition) is 4. The number of nitrogens with zero attached hydrogens (tertiary/aromatic N) is 4. The van der Waals surface area contributed by atoms with Crippen LogP contribution < -0.4 is 5.32 Å². The summed E-state index contributed by atoms with van der Waals surface area (Å²) in [6.07, 6.45) is 7.93. The second kappa shape index (κ2) is 5.26. The Bertz CT molecular complexity index is 744. The van der Waals surface area contributed by atoms with Gasteiger partial charge in [-0.3, -0.25) is 4.98 Å². The van der Waals surface area contributed by atoms with Crippen molar-refractivity contribution in [2.75, 3.05) is 6.54 Å². The third kappa shape index (κ3) is 2.29. The van der Waals surface area contributed by atoms with Gasteiger partial charge in [-0.2, -0.15) is 0 Å². The third-order valence-corrected chi connectivity index (χ3v) is 3.99. The molecule has 3 aromatic heterocycles. The van der Waals surface area contributed by atoms with Crippen molar-refractivity contribution in [2.45, 2.75) is 25.4 Å². The Balaban J connectivity index is 1.84. The van der Waals surface area contributed by atoms with Gasteiger partial charge in [0.1, 0.15) is 11.3 Å². The van der Waals surface area contributed by atoms with Crippen LogP contribution in [0.15, 0.2) is 42.9 Å². The molecule has 0 aromatic carbocycles. The molecule has 0 saturated carbocycles. The lowest BCUT2D eigenvalue weighted by molar-refractivity contribution is 0.518. The van der Waals surface area contributed by atoms with E-state index in [-0.39, 0.29) is 0 Å². The molecule has 1 saturated heterocycles. The highest BCUT2D eigenvalue weighted by Gasteiger charge is 2.19. The number of pyridine rings is 2. The predicted octanol–water partition coefficient (Wildman–Crippen LogP) is 2.25. The van der Waals surface area contributed by atoms with Crippen LogP contribution in [-0.2, 0) is 6.54 Å². The van der Waals surface area contributed by atoms with Crippen LogP contribution in [0.1, 0.15) is 12.8 Å². The second-order valence-electron chi connectivity index (χ2n) is 5.43. The fourth-order valence-electron chi connectivity index (χ4n) is 2.98. The fraction of sp³-hybridized carbons (Fsp3) is 0.312. The molecule has 1 fully saturated rings. The number of imidazole rings is 1. The van der Waals surface area contributed by atoms with Crippen molar-refractivity contribution >= 4 is 11.2 Å². The topological polar surface area (TPSA) is 55.6 Å². The van der Waals surface area contributed by atoms with E-state index in [1.165, 1.54) is 12.8 Å². The van der Waals surface area contributed by atoms with E-state index < -0.39 is 0 Å². The van der Waals surface area contributed by atoms with Gasteiger partial charge in [-0.25, -0.2) is 9.97 Å². The molecule has 21 heavy (non-hydrogen) atoms. The molecule has 1 aliphatic heterocycles.